The van der Waals surface area contributed by atoms with Crippen LogP contribution in [0.5, 0.6) is 0 Å². The number of nitrogens with one attached hydrogen (secondary N) is 1. The van der Waals surface area contributed by atoms with Gasteiger partial charge >= 0.3 is 0 Å². The van der Waals surface area contributed by atoms with Gasteiger partial charge in [-0.05, 0) is 37.1 Å². The van der Waals surface area contributed by atoms with Crippen molar-refractivity contribution in [2.75, 3.05) is 0 Å². The fraction of sp³-hybridized carbons (Fsp3) is 0.188. The summed E-state index contributed by atoms with van der Waals surface area (Å²) in [4.78, 5) is 12.2. The Morgan fingerprint density at radius 3 is 3.00 bits per heavy atom. The van der Waals surface area contributed by atoms with Gasteiger partial charge in [0, 0.05) is 41.2 Å². The molecule has 1 N–H and O–H groups in total. The molecule has 4 heterocycles. The fourth-order valence-electron chi connectivity index (χ4n) is 2.80. The maximum Gasteiger partial charge on any atom is 0.153 e. The minimum Gasteiger partial charge on any atom is -0.345 e. The zero-order valence-corrected chi connectivity index (χ0v) is 11.3. The summed E-state index contributed by atoms with van der Waals surface area (Å²) in [6.45, 7) is 0. The summed E-state index contributed by atoms with van der Waals surface area (Å²) >= 11 is 0. The number of pyridine rings is 1. The minimum absolute atomic E-state index is 0.668. The van der Waals surface area contributed by atoms with Gasteiger partial charge in [-0.25, -0.2) is 14.5 Å². The number of imidazole rings is 1. The molecule has 5 nitrogen and oxygen atoms in total. The monoisotopic (exact) mass is 275 g/mol. The third-order valence-electron chi connectivity index (χ3n) is 4.09. The molecule has 0 spiro atoms. The molecule has 0 amide bonds. The van der Waals surface area contributed by atoms with Gasteiger partial charge in [0.05, 0.1) is 5.69 Å². The zero-order valence-electron chi connectivity index (χ0n) is 11.3. The van der Waals surface area contributed by atoms with Gasteiger partial charge < -0.3 is 4.98 Å². The second-order valence-electron chi connectivity index (χ2n) is 5.56. The number of aromatic nitrogens is 5. The van der Waals surface area contributed by atoms with E-state index in [0.29, 0.717) is 5.92 Å². The average Bonchev–Trinajstić information content (AvgIpc) is 3.11. The molecule has 1 saturated carbocycles. The number of H-pyrrole nitrogens is 1. The lowest BCUT2D eigenvalue weighted by Gasteiger charge is -2.01. The Hall–Kier alpha value is -2.69. The van der Waals surface area contributed by atoms with Crippen LogP contribution >= 0.6 is 0 Å². The molecule has 102 valence electrons. The van der Waals surface area contributed by atoms with E-state index in [1.54, 1.807) is 10.7 Å². The zero-order chi connectivity index (χ0) is 13.8. The molecule has 21 heavy (non-hydrogen) atoms. The third kappa shape index (κ3) is 1.67. The van der Waals surface area contributed by atoms with Crippen LogP contribution in [0.2, 0.25) is 0 Å². The summed E-state index contributed by atoms with van der Waals surface area (Å²) in [5, 5.41) is 5.72. The number of hydrogen-bond acceptors (Lipinski definition) is 3. The molecule has 4 aromatic heterocycles. The van der Waals surface area contributed by atoms with E-state index in [2.05, 4.69) is 27.2 Å². The second-order valence-corrected chi connectivity index (χ2v) is 5.56. The van der Waals surface area contributed by atoms with Gasteiger partial charge in [-0.2, -0.15) is 5.10 Å². The number of aromatic amines is 1. The van der Waals surface area contributed by atoms with Gasteiger partial charge in [0.1, 0.15) is 5.65 Å². The van der Waals surface area contributed by atoms with Crippen molar-refractivity contribution in [1.82, 2.24) is 24.6 Å². The molecule has 0 atom stereocenters. The van der Waals surface area contributed by atoms with Crippen molar-refractivity contribution in [3.63, 3.8) is 0 Å². The maximum atomic E-state index is 4.73. The van der Waals surface area contributed by atoms with E-state index in [9.17, 15) is 0 Å². The number of rotatable bonds is 2. The Balaban J connectivity index is 1.68. The molecule has 0 radical (unpaired) electrons. The van der Waals surface area contributed by atoms with Crippen LogP contribution in [0.3, 0.4) is 0 Å². The number of fused-ring (bicyclic) bond motifs is 2. The summed E-state index contributed by atoms with van der Waals surface area (Å²) in [6.07, 6.45) is 8.14. The highest BCUT2D eigenvalue weighted by Crippen LogP contribution is 2.40. The predicted molar refractivity (Wildman–Crippen MR) is 80.0 cm³/mol. The van der Waals surface area contributed by atoms with Gasteiger partial charge in [0.15, 0.2) is 5.65 Å². The highest BCUT2D eigenvalue weighted by molar-refractivity contribution is 5.92. The smallest absolute Gasteiger partial charge is 0.153 e. The quantitative estimate of drug-likeness (QED) is 0.611. The van der Waals surface area contributed by atoms with E-state index in [1.165, 1.54) is 18.5 Å². The predicted octanol–water partition coefficient (Wildman–Crippen LogP) is 3.15. The van der Waals surface area contributed by atoms with Crippen LogP contribution in [0.4, 0.5) is 0 Å². The standard InChI is InChI=1S/C16H13N5/c1-2-10(1)13-4-3-11-12(9-18-16(11)19-13)14-5-6-15-17-7-8-21(15)20-14/h3-10H,1-2H2,(H,18,19). The third-order valence-corrected chi connectivity index (χ3v) is 4.09. The summed E-state index contributed by atoms with van der Waals surface area (Å²) in [5.41, 5.74) is 5.01. The van der Waals surface area contributed by atoms with Crippen LogP contribution in [-0.2, 0) is 0 Å². The second kappa shape index (κ2) is 3.91. The molecule has 5 heteroatoms. The highest BCUT2D eigenvalue weighted by atomic mass is 15.2. The molecule has 0 saturated heterocycles. The Morgan fingerprint density at radius 2 is 2.10 bits per heavy atom. The van der Waals surface area contributed by atoms with Gasteiger partial charge in [0.2, 0.25) is 0 Å². The van der Waals surface area contributed by atoms with E-state index in [-0.39, 0.29) is 0 Å². The summed E-state index contributed by atoms with van der Waals surface area (Å²) < 4.78 is 1.79. The molecule has 0 aliphatic heterocycles. The maximum absolute atomic E-state index is 4.73. The molecule has 4 aromatic rings. The number of nitrogens with zero attached hydrogens (tertiary/aromatic N) is 4. The van der Waals surface area contributed by atoms with Gasteiger partial charge in [0.25, 0.3) is 0 Å². The van der Waals surface area contributed by atoms with E-state index in [0.717, 1.165) is 27.9 Å². The van der Waals surface area contributed by atoms with Crippen molar-refractivity contribution < 1.29 is 0 Å². The van der Waals surface area contributed by atoms with E-state index < -0.39 is 0 Å². The highest BCUT2D eigenvalue weighted by Gasteiger charge is 2.25. The van der Waals surface area contributed by atoms with E-state index in [4.69, 9.17) is 4.98 Å². The van der Waals surface area contributed by atoms with Crippen molar-refractivity contribution in [3.8, 4) is 11.3 Å². The summed E-state index contributed by atoms with van der Waals surface area (Å²) in [5.74, 6) is 0.668. The summed E-state index contributed by atoms with van der Waals surface area (Å²) in [7, 11) is 0. The fourth-order valence-corrected chi connectivity index (χ4v) is 2.80. The van der Waals surface area contributed by atoms with Crippen LogP contribution in [-0.4, -0.2) is 24.6 Å². The molecule has 1 fully saturated rings. The molecular weight excluding hydrogens is 262 g/mol. The Bertz CT molecular complexity index is 961. The number of hydrogen-bond donors (Lipinski definition) is 1. The van der Waals surface area contributed by atoms with E-state index in [1.807, 2.05) is 24.5 Å². The van der Waals surface area contributed by atoms with Crippen LogP contribution in [0, 0.1) is 0 Å². The van der Waals surface area contributed by atoms with Crippen LogP contribution in [0.25, 0.3) is 27.9 Å². The largest absolute Gasteiger partial charge is 0.345 e. The summed E-state index contributed by atoms with van der Waals surface area (Å²) in [6, 6.07) is 8.28. The first kappa shape index (κ1) is 11.0. The van der Waals surface area contributed by atoms with Gasteiger partial charge in [-0.15, -0.1) is 0 Å². The molecule has 5 rings (SSSR count). The molecule has 0 aromatic carbocycles. The van der Waals surface area contributed by atoms with Crippen molar-refractivity contribution in [2.24, 2.45) is 0 Å². The average molecular weight is 275 g/mol. The topological polar surface area (TPSA) is 58.9 Å². The Kier molecular flexibility index (Phi) is 2.05. The minimum atomic E-state index is 0.668. The van der Waals surface area contributed by atoms with Crippen LogP contribution in [0.15, 0.2) is 42.9 Å². The lowest BCUT2D eigenvalue weighted by molar-refractivity contribution is 0.943. The Labute approximate surface area is 120 Å². The molecule has 1 aliphatic carbocycles. The normalized spacial score (nSPS) is 15.0. The SMILES string of the molecule is c1cn2nc(-c3c[nH]c4nc(C5CC5)ccc34)ccc2n1. The molecule has 1 aliphatic rings. The van der Waals surface area contributed by atoms with Crippen molar-refractivity contribution in [1.29, 1.82) is 0 Å². The molecule has 0 bridgehead atoms. The lowest BCUT2D eigenvalue weighted by Crippen LogP contribution is -1.92. The van der Waals surface area contributed by atoms with E-state index >= 15 is 0 Å². The van der Waals surface area contributed by atoms with Gasteiger partial charge in [-0.3, -0.25) is 0 Å². The first-order valence-electron chi connectivity index (χ1n) is 7.17. The van der Waals surface area contributed by atoms with Crippen molar-refractivity contribution >= 4 is 16.7 Å². The van der Waals surface area contributed by atoms with Gasteiger partial charge in [-0.1, -0.05) is 0 Å². The van der Waals surface area contributed by atoms with Crippen molar-refractivity contribution in [2.45, 2.75) is 18.8 Å². The molecular formula is C16H13N5. The molecule has 0 unspecified atom stereocenters. The lowest BCUT2D eigenvalue weighted by atomic mass is 10.1. The first-order valence-corrected chi connectivity index (χ1v) is 7.17. The van der Waals surface area contributed by atoms with Crippen molar-refractivity contribution in [3.05, 3.63) is 48.5 Å². The Morgan fingerprint density at radius 1 is 1.14 bits per heavy atom. The van der Waals surface area contributed by atoms with Crippen LogP contribution < -0.4 is 0 Å². The first-order chi connectivity index (χ1) is 10.4. The van der Waals surface area contributed by atoms with Crippen LogP contribution in [0.1, 0.15) is 24.5 Å².